The first-order chi connectivity index (χ1) is 15.0. The molecule has 0 unspecified atom stereocenters. The van der Waals surface area contributed by atoms with Gasteiger partial charge in [0.2, 0.25) is 5.88 Å². The minimum Gasteiger partial charge on any atom is -0.473 e. The van der Waals surface area contributed by atoms with E-state index in [9.17, 15) is 14.4 Å². The predicted molar refractivity (Wildman–Crippen MR) is 108 cm³/mol. The van der Waals surface area contributed by atoms with E-state index in [0.29, 0.717) is 12.1 Å². The van der Waals surface area contributed by atoms with Crippen LogP contribution in [0.3, 0.4) is 0 Å². The van der Waals surface area contributed by atoms with Gasteiger partial charge in [-0.05, 0) is 29.8 Å². The number of anilines is 1. The van der Waals surface area contributed by atoms with Crippen LogP contribution in [0.5, 0.6) is 17.4 Å². The van der Waals surface area contributed by atoms with Crippen molar-refractivity contribution in [2.24, 2.45) is 0 Å². The molecule has 0 radical (unpaired) electrons. The molecule has 31 heavy (non-hydrogen) atoms. The van der Waals surface area contributed by atoms with Crippen LogP contribution < -0.4 is 20.1 Å². The highest BCUT2D eigenvalue weighted by Crippen LogP contribution is 2.28. The Morgan fingerprint density at radius 2 is 1.90 bits per heavy atom. The number of nitriles is 2. The first kappa shape index (κ1) is 19.9. The van der Waals surface area contributed by atoms with Crippen LogP contribution in [0.1, 0.15) is 16.7 Å². The van der Waals surface area contributed by atoms with Crippen molar-refractivity contribution in [2.75, 3.05) is 18.5 Å². The fourth-order valence-electron chi connectivity index (χ4n) is 3.22. The molecule has 2 heterocycles. The molecule has 0 fully saturated rings. The van der Waals surface area contributed by atoms with Crippen LogP contribution in [0.2, 0.25) is 0 Å². The van der Waals surface area contributed by atoms with E-state index in [0.717, 1.165) is 18.4 Å². The first-order valence-electron chi connectivity index (χ1n) is 9.35. The lowest BCUT2D eigenvalue weighted by Crippen LogP contribution is -2.22. The Hall–Kier alpha value is -4.37. The average molecular weight is 417 g/mol. The lowest BCUT2D eigenvalue weighted by molar-refractivity contribution is 0.291. The molecule has 3 aromatic rings. The molecule has 0 saturated heterocycles. The van der Waals surface area contributed by atoms with Crippen molar-refractivity contribution in [3.8, 4) is 29.5 Å². The summed E-state index contributed by atoms with van der Waals surface area (Å²) in [5, 5.41) is 18.4. The Labute approximate surface area is 176 Å². The van der Waals surface area contributed by atoms with Crippen LogP contribution >= 0.6 is 0 Å². The molecule has 8 nitrogen and oxygen atoms in total. The van der Waals surface area contributed by atoms with E-state index in [4.69, 9.17) is 14.7 Å². The van der Waals surface area contributed by atoms with Crippen LogP contribution in [-0.4, -0.2) is 23.1 Å². The lowest BCUT2D eigenvalue weighted by atomic mass is 10.1. The van der Waals surface area contributed by atoms with Crippen molar-refractivity contribution in [3.63, 3.8) is 0 Å². The van der Waals surface area contributed by atoms with Gasteiger partial charge < -0.3 is 14.4 Å². The van der Waals surface area contributed by atoms with E-state index in [1.165, 1.54) is 12.1 Å². The van der Waals surface area contributed by atoms with Crippen molar-refractivity contribution in [3.05, 3.63) is 75.5 Å². The maximum atomic E-state index is 13.5. The second kappa shape index (κ2) is 8.17. The van der Waals surface area contributed by atoms with Gasteiger partial charge in [0.1, 0.15) is 41.9 Å². The third-order valence-corrected chi connectivity index (χ3v) is 4.85. The normalized spacial score (nSPS) is 12.1. The van der Waals surface area contributed by atoms with Crippen molar-refractivity contribution in [1.29, 1.82) is 10.5 Å². The van der Waals surface area contributed by atoms with Gasteiger partial charge in [0, 0.05) is 32.3 Å². The Morgan fingerprint density at radius 3 is 2.68 bits per heavy atom. The van der Waals surface area contributed by atoms with Crippen LogP contribution in [0.15, 0.2) is 47.3 Å². The molecule has 4 rings (SSSR count). The molecule has 1 aliphatic heterocycles. The second-order valence-corrected chi connectivity index (χ2v) is 6.89. The van der Waals surface area contributed by atoms with Gasteiger partial charge in [0.25, 0.3) is 0 Å². The largest absolute Gasteiger partial charge is 0.473 e. The molecule has 1 aliphatic rings. The summed E-state index contributed by atoms with van der Waals surface area (Å²) >= 11 is 0. The van der Waals surface area contributed by atoms with E-state index in [-0.39, 0.29) is 40.8 Å². The molecule has 2 aromatic carbocycles. The van der Waals surface area contributed by atoms with Gasteiger partial charge in [0.15, 0.2) is 0 Å². The molecule has 0 bridgehead atoms. The molecule has 0 spiro atoms. The van der Waals surface area contributed by atoms with Crippen molar-refractivity contribution in [1.82, 2.24) is 9.55 Å². The van der Waals surface area contributed by atoms with Crippen LogP contribution in [0.25, 0.3) is 0 Å². The number of rotatable bonds is 5. The third-order valence-electron chi connectivity index (χ3n) is 4.85. The molecule has 0 amide bonds. The molecule has 0 aliphatic carbocycles. The number of fused-ring (bicyclic) bond motifs is 1. The molecular weight excluding hydrogens is 401 g/mol. The van der Waals surface area contributed by atoms with Gasteiger partial charge in [0.05, 0.1) is 11.1 Å². The van der Waals surface area contributed by atoms with Crippen molar-refractivity contribution < 1.29 is 13.9 Å². The zero-order valence-electron chi connectivity index (χ0n) is 16.5. The minimum atomic E-state index is -0.645. The zero-order valence-corrected chi connectivity index (χ0v) is 16.5. The number of ether oxygens (including phenoxy) is 2. The van der Waals surface area contributed by atoms with E-state index < -0.39 is 5.82 Å². The Bertz CT molecular complexity index is 1310. The predicted octanol–water partition coefficient (Wildman–Crippen LogP) is 2.95. The molecular formula is C22H16FN5O3. The summed E-state index contributed by atoms with van der Waals surface area (Å²) in [6.45, 7) is 1.43. The Balaban J connectivity index is 1.51. The van der Waals surface area contributed by atoms with Crippen molar-refractivity contribution >= 4 is 5.82 Å². The summed E-state index contributed by atoms with van der Waals surface area (Å²) in [5.74, 6) is 0.809. The topological polar surface area (TPSA) is 104 Å². The lowest BCUT2D eigenvalue weighted by Gasteiger charge is -2.13. The fourth-order valence-corrected chi connectivity index (χ4v) is 3.22. The number of hydrogen-bond donors (Lipinski definition) is 0. The molecule has 9 heteroatoms. The maximum Gasteiger partial charge on any atom is 0.352 e. The van der Waals surface area contributed by atoms with Crippen LogP contribution in [0.4, 0.5) is 10.2 Å². The Kier molecular flexibility index (Phi) is 5.25. The molecule has 0 saturated carbocycles. The summed E-state index contributed by atoms with van der Waals surface area (Å²) in [6.07, 6.45) is 0. The van der Waals surface area contributed by atoms with Gasteiger partial charge in [-0.1, -0.05) is 6.07 Å². The summed E-state index contributed by atoms with van der Waals surface area (Å²) in [7, 11) is 1.89. The van der Waals surface area contributed by atoms with Crippen LogP contribution in [-0.2, 0) is 13.2 Å². The second-order valence-electron chi connectivity index (χ2n) is 6.89. The van der Waals surface area contributed by atoms with Gasteiger partial charge in [-0.2, -0.15) is 15.5 Å². The summed E-state index contributed by atoms with van der Waals surface area (Å²) in [5.41, 5.74) is 0.404. The summed E-state index contributed by atoms with van der Waals surface area (Å²) in [4.78, 5) is 18.0. The number of benzene rings is 2. The highest BCUT2D eigenvalue weighted by molar-refractivity contribution is 5.49. The van der Waals surface area contributed by atoms with E-state index in [1.54, 1.807) is 34.9 Å². The van der Waals surface area contributed by atoms with Gasteiger partial charge >= 0.3 is 5.69 Å². The first-order valence-corrected chi connectivity index (χ1v) is 9.35. The molecule has 1 aromatic heterocycles. The minimum absolute atomic E-state index is 0.101. The summed E-state index contributed by atoms with van der Waals surface area (Å²) < 4.78 is 26.4. The number of aromatic nitrogens is 2. The Morgan fingerprint density at radius 1 is 1.10 bits per heavy atom. The summed E-state index contributed by atoms with van der Waals surface area (Å²) in [6, 6.07) is 14.2. The molecule has 0 N–H and O–H groups in total. The van der Waals surface area contributed by atoms with E-state index >= 15 is 0 Å². The highest BCUT2D eigenvalue weighted by atomic mass is 19.1. The monoisotopic (exact) mass is 417 g/mol. The average Bonchev–Trinajstić information content (AvgIpc) is 3.15. The zero-order chi connectivity index (χ0) is 22.0. The number of likely N-dealkylation sites (N-methyl/N-ethyl adjacent to an activating group) is 1. The fraction of sp³-hybridized carbons (Fsp3) is 0.182. The molecule has 154 valence electrons. The van der Waals surface area contributed by atoms with Crippen LogP contribution in [0, 0.1) is 28.5 Å². The quantitative estimate of drug-likeness (QED) is 0.629. The third kappa shape index (κ3) is 4.02. The smallest absolute Gasteiger partial charge is 0.352 e. The maximum absolute atomic E-state index is 13.5. The van der Waals surface area contributed by atoms with E-state index in [2.05, 4.69) is 4.98 Å². The number of nitrogens with zero attached hydrogens (tertiary/aromatic N) is 5. The van der Waals surface area contributed by atoms with Crippen molar-refractivity contribution in [2.45, 2.75) is 13.2 Å². The standard InChI is InChI=1S/C22H16FN5O3/c1-27-6-7-28-21(27)10-20(26-22(28)29)30-13-14-2-5-19(16(8-14)12-25)31-17-3-4-18(23)15(9-17)11-24/h2-5,8-10H,6-7,13H2,1H3. The highest BCUT2D eigenvalue weighted by Gasteiger charge is 2.19. The van der Waals surface area contributed by atoms with Gasteiger partial charge in [-0.3, -0.25) is 4.57 Å². The number of hydrogen-bond acceptors (Lipinski definition) is 7. The number of halogens is 1. The van der Waals surface area contributed by atoms with Gasteiger partial charge in [-0.25, -0.2) is 9.18 Å². The molecule has 0 atom stereocenters. The van der Waals surface area contributed by atoms with E-state index in [1.807, 2.05) is 18.0 Å². The SMILES string of the molecule is CN1CCn2c1cc(OCc1ccc(Oc3ccc(F)c(C#N)c3)c(C#N)c1)nc2=O. The van der Waals surface area contributed by atoms with Gasteiger partial charge in [-0.15, -0.1) is 0 Å².